The first-order valence-corrected chi connectivity index (χ1v) is 10.4. The molecular weight excluding hydrogens is 376 g/mol. The van der Waals surface area contributed by atoms with Crippen LogP contribution in [0.25, 0.3) is 11.0 Å². The minimum Gasteiger partial charge on any atom is -0.496 e. The van der Waals surface area contributed by atoms with E-state index in [0.29, 0.717) is 5.56 Å². The third kappa shape index (κ3) is 4.28. The third-order valence-electron chi connectivity index (χ3n) is 5.84. The first-order chi connectivity index (χ1) is 14.5. The molecule has 1 aromatic heterocycles. The number of hydrogen-bond acceptors (Lipinski definition) is 5. The van der Waals surface area contributed by atoms with Gasteiger partial charge in [0, 0.05) is 50.7 Å². The molecule has 0 saturated carbocycles. The van der Waals surface area contributed by atoms with E-state index in [0.717, 1.165) is 61.5 Å². The number of amides is 1. The van der Waals surface area contributed by atoms with E-state index in [1.54, 1.807) is 19.5 Å². The summed E-state index contributed by atoms with van der Waals surface area (Å²) in [5, 5.41) is 0. The summed E-state index contributed by atoms with van der Waals surface area (Å²) in [6.45, 7) is 8.46. The summed E-state index contributed by atoms with van der Waals surface area (Å²) in [6, 6.07) is 9.90. The average molecular weight is 405 g/mol. The molecule has 6 heteroatoms. The van der Waals surface area contributed by atoms with E-state index in [2.05, 4.69) is 40.8 Å². The van der Waals surface area contributed by atoms with Gasteiger partial charge in [-0.2, -0.15) is 0 Å². The maximum atomic E-state index is 13.1. The van der Waals surface area contributed by atoms with Crippen molar-refractivity contribution in [1.82, 2.24) is 19.8 Å². The molecule has 1 fully saturated rings. The zero-order chi connectivity index (χ0) is 21.1. The second kappa shape index (κ2) is 8.79. The van der Waals surface area contributed by atoms with Crippen molar-refractivity contribution in [3.05, 3.63) is 65.0 Å². The number of aromatic nitrogens is 2. The lowest BCUT2D eigenvalue weighted by Crippen LogP contribution is -2.35. The molecule has 1 aliphatic rings. The summed E-state index contributed by atoms with van der Waals surface area (Å²) in [5.74, 6) is 1.00. The van der Waals surface area contributed by atoms with E-state index in [1.807, 2.05) is 23.1 Å². The van der Waals surface area contributed by atoms with Crippen LogP contribution in [0.2, 0.25) is 0 Å². The van der Waals surface area contributed by atoms with Crippen LogP contribution in [0.15, 0.2) is 42.7 Å². The second-order valence-electron chi connectivity index (χ2n) is 7.93. The molecule has 1 saturated heterocycles. The highest BCUT2D eigenvalue weighted by atomic mass is 16.5. The van der Waals surface area contributed by atoms with Crippen LogP contribution < -0.4 is 4.74 Å². The molecule has 0 N–H and O–H groups in total. The van der Waals surface area contributed by atoms with E-state index in [1.165, 1.54) is 11.1 Å². The van der Waals surface area contributed by atoms with Crippen LogP contribution in [-0.2, 0) is 6.54 Å². The first kappa shape index (κ1) is 20.3. The number of aryl methyl sites for hydroxylation is 2. The lowest BCUT2D eigenvalue weighted by molar-refractivity contribution is 0.0761. The van der Waals surface area contributed by atoms with Gasteiger partial charge in [-0.15, -0.1) is 0 Å². The molecular formula is C24H28N4O2. The number of benzene rings is 2. The summed E-state index contributed by atoms with van der Waals surface area (Å²) in [6.07, 6.45) is 4.29. The van der Waals surface area contributed by atoms with Crippen LogP contribution in [0.4, 0.5) is 0 Å². The van der Waals surface area contributed by atoms with E-state index in [-0.39, 0.29) is 5.91 Å². The van der Waals surface area contributed by atoms with Crippen molar-refractivity contribution >= 4 is 16.9 Å². The molecule has 0 atom stereocenters. The minimum absolute atomic E-state index is 0.0703. The maximum Gasteiger partial charge on any atom is 0.253 e. The van der Waals surface area contributed by atoms with Gasteiger partial charge in [0.25, 0.3) is 5.91 Å². The number of rotatable bonds is 4. The second-order valence-corrected chi connectivity index (χ2v) is 7.93. The standard InChI is InChI=1S/C24H28N4O2/c1-17-14-23(30-3)18(2)13-20(17)16-27-9-4-10-28(12-11-27)24(29)19-5-6-21-22(15-19)26-8-7-25-21/h5-8,13-15H,4,9-12,16H2,1-3H3. The third-order valence-corrected chi connectivity index (χ3v) is 5.84. The number of ether oxygens (including phenoxy) is 1. The van der Waals surface area contributed by atoms with Gasteiger partial charge in [-0.1, -0.05) is 6.07 Å². The quantitative estimate of drug-likeness (QED) is 0.665. The summed E-state index contributed by atoms with van der Waals surface area (Å²) < 4.78 is 5.43. The fourth-order valence-electron chi connectivity index (χ4n) is 4.09. The lowest BCUT2D eigenvalue weighted by Gasteiger charge is -2.23. The number of carbonyl (C=O) groups excluding carboxylic acids is 1. The monoisotopic (exact) mass is 404 g/mol. The Morgan fingerprint density at radius 2 is 1.77 bits per heavy atom. The molecule has 0 unspecified atom stereocenters. The van der Waals surface area contributed by atoms with E-state index < -0.39 is 0 Å². The van der Waals surface area contributed by atoms with E-state index in [9.17, 15) is 4.79 Å². The summed E-state index contributed by atoms with van der Waals surface area (Å²) >= 11 is 0. The fraction of sp³-hybridized carbons (Fsp3) is 0.375. The number of carbonyl (C=O) groups is 1. The minimum atomic E-state index is 0.0703. The van der Waals surface area contributed by atoms with E-state index >= 15 is 0 Å². The predicted octanol–water partition coefficient (Wildman–Crippen LogP) is 3.60. The van der Waals surface area contributed by atoms with Crippen molar-refractivity contribution in [2.24, 2.45) is 0 Å². The van der Waals surface area contributed by atoms with Crippen LogP contribution in [-0.4, -0.2) is 59.0 Å². The van der Waals surface area contributed by atoms with Gasteiger partial charge < -0.3 is 9.64 Å². The van der Waals surface area contributed by atoms with Gasteiger partial charge in [0.15, 0.2) is 0 Å². The van der Waals surface area contributed by atoms with Crippen LogP contribution in [0.3, 0.4) is 0 Å². The van der Waals surface area contributed by atoms with Gasteiger partial charge in [-0.3, -0.25) is 19.7 Å². The largest absolute Gasteiger partial charge is 0.496 e. The highest BCUT2D eigenvalue weighted by Crippen LogP contribution is 2.24. The lowest BCUT2D eigenvalue weighted by atomic mass is 10.0. The van der Waals surface area contributed by atoms with Crippen molar-refractivity contribution < 1.29 is 9.53 Å². The van der Waals surface area contributed by atoms with Crippen molar-refractivity contribution in [2.45, 2.75) is 26.8 Å². The van der Waals surface area contributed by atoms with Crippen molar-refractivity contribution in [2.75, 3.05) is 33.3 Å². The normalized spacial score (nSPS) is 15.2. The molecule has 6 nitrogen and oxygen atoms in total. The topological polar surface area (TPSA) is 58.6 Å². The molecule has 30 heavy (non-hydrogen) atoms. The molecule has 3 aromatic rings. The Morgan fingerprint density at radius 1 is 0.967 bits per heavy atom. The molecule has 0 spiro atoms. The van der Waals surface area contributed by atoms with Crippen molar-refractivity contribution in [3.8, 4) is 5.75 Å². The predicted molar refractivity (Wildman–Crippen MR) is 118 cm³/mol. The Morgan fingerprint density at radius 3 is 2.57 bits per heavy atom. The first-order valence-electron chi connectivity index (χ1n) is 10.4. The Kier molecular flexibility index (Phi) is 5.95. The molecule has 1 aliphatic heterocycles. The molecule has 156 valence electrons. The molecule has 0 aliphatic carbocycles. The molecule has 0 bridgehead atoms. The van der Waals surface area contributed by atoms with Crippen LogP contribution >= 0.6 is 0 Å². The smallest absolute Gasteiger partial charge is 0.253 e. The van der Waals surface area contributed by atoms with E-state index in [4.69, 9.17) is 4.74 Å². The van der Waals surface area contributed by atoms with Gasteiger partial charge in [0.1, 0.15) is 5.75 Å². The molecule has 0 radical (unpaired) electrons. The average Bonchev–Trinajstić information content (AvgIpc) is 3.00. The highest BCUT2D eigenvalue weighted by molar-refractivity contribution is 5.97. The zero-order valence-electron chi connectivity index (χ0n) is 17.9. The van der Waals surface area contributed by atoms with Gasteiger partial charge in [0.2, 0.25) is 0 Å². The summed E-state index contributed by atoms with van der Waals surface area (Å²) in [7, 11) is 1.71. The van der Waals surface area contributed by atoms with Crippen LogP contribution in [0, 0.1) is 13.8 Å². The van der Waals surface area contributed by atoms with Crippen molar-refractivity contribution in [1.29, 1.82) is 0 Å². The number of fused-ring (bicyclic) bond motifs is 1. The summed E-state index contributed by atoms with van der Waals surface area (Å²) in [5.41, 5.74) is 5.96. The Bertz CT molecular complexity index is 1070. The molecule has 1 amide bonds. The van der Waals surface area contributed by atoms with Crippen LogP contribution in [0.5, 0.6) is 5.75 Å². The summed E-state index contributed by atoms with van der Waals surface area (Å²) in [4.78, 5) is 26.1. The molecule has 4 rings (SSSR count). The number of nitrogens with zero attached hydrogens (tertiary/aromatic N) is 4. The SMILES string of the molecule is COc1cc(C)c(CN2CCCN(C(=O)c3ccc4nccnc4c3)CC2)cc1C. The van der Waals surface area contributed by atoms with Crippen LogP contribution in [0.1, 0.15) is 33.5 Å². The van der Waals surface area contributed by atoms with Crippen molar-refractivity contribution in [3.63, 3.8) is 0 Å². The fourth-order valence-corrected chi connectivity index (χ4v) is 4.09. The number of methoxy groups -OCH3 is 1. The van der Waals surface area contributed by atoms with Gasteiger partial charge in [-0.05, 0) is 61.2 Å². The van der Waals surface area contributed by atoms with Gasteiger partial charge in [0.05, 0.1) is 18.1 Å². The Balaban J connectivity index is 1.43. The number of hydrogen-bond donors (Lipinski definition) is 0. The zero-order valence-corrected chi connectivity index (χ0v) is 17.9. The Labute approximate surface area is 177 Å². The molecule has 2 heterocycles. The van der Waals surface area contributed by atoms with Gasteiger partial charge >= 0.3 is 0 Å². The van der Waals surface area contributed by atoms with Gasteiger partial charge in [-0.25, -0.2) is 0 Å². The highest BCUT2D eigenvalue weighted by Gasteiger charge is 2.21. The Hall–Kier alpha value is -2.99. The molecule has 2 aromatic carbocycles. The maximum absolute atomic E-state index is 13.1.